The first-order chi connectivity index (χ1) is 16.2. The summed E-state index contributed by atoms with van der Waals surface area (Å²) in [5.41, 5.74) is -9.67. The van der Waals surface area contributed by atoms with E-state index in [1.807, 2.05) is 0 Å². The van der Waals surface area contributed by atoms with Crippen LogP contribution in [0.5, 0.6) is 0 Å². The first-order valence-electron chi connectivity index (χ1n) is 9.67. The van der Waals surface area contributed by atoms with Crippen LogP contribution in [0.4, 0.5) is 28.9 Å². The molecule has 0 spiro atoms. The number of amides is 1. The average molecular weight is 520 g/mol. The fourth-order valence-electron chi connectivity index (χ4n) is 3.09. The zero-order valence-corrected chi connectivity index (χ0v) is 18.8. The standard InChI is InChI=1S/C19H16F4N4O7S/c1-10(20)17(34-35(32,33)19(21,22)23)14-16(25(2)9-28)15(24-26(18(14)29)12-6-7-12)11-4-3-5-13(8-11)27(30)31/h3-5,8-9,12H,6-7H2,1-2H3/b17-10-. The molecule has 1 aliphatic rings. The van der Waals surface area contributed by atoms with E-state index in [2.05, 4.69) is 9.28 Å². The largest absolute Gasteiger partial charge is 0.534 e. The van der Waals surface area contributed by atoms with Gasteiger partial charge >= 0.3 is 15.6 Å². The molecule has 1 amide bonds. The van der Waals surface area contributed by atoms with Crippen LogP contribution in [-0.2, 0) is 19.1 Å². The number of nitro benzene ring substituents is 1. The van der Waals surface area contributed by atoms with Gasteiger partial charge in [0, 0.05) is 24.7 Å². The Kier molecular flexibility index (Phi) is 6.70. The van der Waals surface area contributed by atoms with Crippen LogP contribution in [0.15, 0.2) is 34.9 Å². The zero-order valence-electron chi connectivity index (χ0n) is 17.9. The lowest BCUT2D eigenvalue weighted by molar-refractivity contribution is -0.384. The number of nitro groups is 1. The van der Waals surface area contributed by atoms with Gasteiger partial charge in [0.15, 0.2) is 5.76 Å². The highest BCUT2D eigenvalue weighted by Crippen LogP contribution is 2.40. The highest BCUT2D eigenvalue weighted by Gasteiger charge is 2.50. The second-order valence-electron chi connectivity index (χ2n) is 7.42. The summed E-state index contributed by atoms with van der Waals surface area (Å²) < 4.78 is 81.7. The summed E-state index contributed by atoms with van der Waals surface area (Å²) in [7, 11) is -5.39. The van der Waals surface area contributed by atoms with Gasteiger partial charge in [0.05, 0.1) is 16.7 Å². The van der Waals surface area contributed by atoms with Crippen LogP contribution in [0, 0.1) is 10.1 Å². The first kappa shape index (κ1) is 25.8. The highest BCUT2D eigenvalue weighted by molar-refractivity contribution is 7.87. The lowest BCUT2D eigenvalue weighted by Gasteiger charge is -2.22. The average Bonchev–Trinajstić information content (AvgIpc) is 3.61. The van der Waals surface area contributed by atoms with Crippen molar-refractivity contribution in [1.29, 1.82) is 0 Å². The van der Waals surface area contributed by atoms with Crippen LogP contribution < -0.4 is 10.5 Å². The number of halogens is 4. The maximum absolute atomic E-state index is 14.5. The Balaban J connectivity index is 2.45. The van der Waals surface area contributed by atoms with Gasteiger partial charge in [0.1, 0.15) is 17.1 Å². The van der Waals surface area contributed by atoms with Gasteiger partial charge < -0.3 is 9.08 Å². The predicted octanol–water partition coefficient (Wildman–Crippen LogP) is 3.27. The molecule has 35 heavy (non-hydrogen) atoms. The molecule has 1 aromatic carbocycles. The number of rotatable bonds is 8. The van der Waals surface area contributed by atoms with E-state index in [1.54, 1.807) is 0 Å². The van der Waals surface area contributed by atoms with Crippen LogP contribution in [-0.4, -0.2) is 42.1 Å². The molecule has 2 aromatic rings. The van der Waals surface area contributed by atoms with Gasteiger partial charge in [-0.15, -0.1) is 0 Å². The summed E-state index contributed by atoms with van der Waals surface area (Å²) in [6.07, 6.45) is 0.934. The van der Waals surface area contributed by atoms with E-state index in [-0.39, 0.29) is 17.7 Å². The van der Waals surface area contributed by atoms with Gasteiger partial charge in [0.2, 0.25) is 6.41 Å². The zero-order chi connectivity index (χ0) is 26.3. The summed E-state index contributed by atoms with van der Waals surface area (Å²) in [6.45, 7) is 0.556. The molecule has 0 unspecified atom stereocenters. The van der Waals surface area contributed by atoms with Crippen LogP contribution in [0.1, 0.15) is 31.4 Å². The van der Waals surface area contributed by atoms with Crippen molar-refractivity contribution in [3.63, 3.8) is 0 Å². The van der Waals surface area contributed by atoms with Crippen LogP contribution in [0.25, 0.3) is 17.0 Å². The van der Waals surface area contributed by atoms with Gasteiger partial charge in [-0.1, -0.05) is 12.1 Å². The molecule has 0 radical (unpaired) electrons. The van der Waals surface area contributed by atoms with Crippen LogP contribution in [0.2, 0.25) is 0 Å². The van der Waals surface area contributed by atoms with Crippen molar-refractivity contribution in [2.24, 2.45) is 0 Å². The summed E-state index contributed by atoms with van der Waals surface area (Å²) >= 11 is 0. The Morgan fingerprint density at radius 2 is 1.97 bits per heavy atom. The maximum Gasteiger partial charge on any atom is 0.534 e. The summed E-state index contributed by atoms with van der Waals surface area (Å²) in [4.78, 5) is 36.0. The summed E-state index contributed by atoms with van der Waals surface area (Å²) in [6, 6.07) is 4.11. The van der Waals surface area contributed by atoms with Gasteiger partial charge in [0.25, 0.3) is 11.2 Å². The molecule has 1 aromatic heterocycles. The fourth-order valence-corrected chi connectivity index (χ4v) is 3.60. The third kappa shape index (κ3) is 5.01. The number of nitrogens with zero attached hydrogens (tertiary/aromatic N) is 4. The minimum absolute atomic E-state index is 0.0620. The molecule has 0 atom stereocenters. The normalized spacial score (nSPS) is 14.8. The van der Waals surface area contributed by atoms with Crippen molar-refractivity contribution < 1.29 is 39.9 Å². The molecule has 1 saturated carbocycles. The number of hydrogen-bond acceptors (Lipinski definition) is 8. The Bertz CT molecular complexity index is 1390. The van der Waals surface area contributed by atoms with E-state index in [1.165, 1.54) is 12.1 Å². The fraction of sp³-hybridized carbons (Fsp3) is 0.316. The third-order valence-electron chi connectivity index (χ3n) is 4.84. The molecule has 1 fully saturated rings. The monoisotopic (exact) mass is 520 g/mol. The molecule has 11 nitrogen and oxygen atoms in total. The van der Waals surface area contributed by atoms with Crippen LogP contribution >= 0.6 is 0 Å². The van der Waals surface area contributed by atoms with E-state index in [4.69, 9.17) is 0 Å². The molecular weight excluding hydrogens is 504 g/mol. The summed E-state index contributed by atoms with van der Waals surface area (Å²) in [5.74, 6) is -3.21. The van der Waals surface area contributed by atoms with Gasteiger partial charge in [-0.3, -0.25) is 19.7 Å². The van der Waals surface area contributed by atoms with Crippen LogP contribution in [0.3, 0.4) is 0 Å². The lowest BCUT2D eigenvalue weighted by Crippen LogP contribution is -2.32. The van der Waals surface area contributed by atoms with Crippen molar-refractivity contribution in [3.05, 3.63) is 56.1 Å². The molecule has 1 heterocycles. The molecule has 188 valence electrons. The number of benzene rings is 1. The minimum Gasteiger partial charge on any atom is -0.372 e. The second kappa shape index (κ2) is 9.09. The number of carbonyl (C=O) groups is 1. The Morgan fingerprint density at radius 1 is 1.34 bits per heavy atom. The molecule has 3 rings (SSSR count). The number of non-ortho nitro benzene ring substituents is 1. The van der Waals surface area contributed by atoms with Crippen molar-refractivity contribution in [2.45, 2.75) is 31.3 Å². The Hall–Kier alpha value is -3.82. The summed E-state index contributed by atoms with van der Waals surface area (Å²) in [5, 5.41) is 15.4. The molecule has 0 saturated heterocycles. The van der Waals surface area contributed by atoms with E-state index in [0.29, 0.717) is 24.7 Å². The first-order valence-corrected chi connectivity index (χ1v) is 11.1. The number of alkyl halides is 3. The van der Waals surface area contributed by atoms with Gasteiger partial charge in [-0.25, -0.2) is 9.07 Å². The van der Waals surface area contributed by atoms with E-state index in [0.717, 1.165) is 23.9 Å². The number of allylic oxidation sites excluding steroid dienone is 1. The Labute approximate surface area is 194 Å². The SMILES string of the molecule is C/C(F)=C(/OS(=O)(=O)C(F)(F)F)c1c(N(C)C=O)c(-c2cccc([N+](=O)[O-])c2)nn(C2CC2)c1=O. The lowest BCUT2D eigenvalue weighted by atomic mass is 10.0. The van der Waals surface area contributed by atoms with Gasteiger partial charge in [-0.2, -0.15) is 26.7 Å². The molecule has 1 aliphatic carbocycles. The number of anilines is 1. The molecule has 0 aliphatic heterocycles. The predicted molar refractivity (Wildman–Crippen MR) is 113 cm³/mol. The maximum atomic E-state index is 14.5. The smallest absolute Gasteiger partial charge is 0.372 e. The Morgan fingerprint density at radius 3 is 2.46 bits per heavy atom. The number of aromatic nitrogens is 2. The number of hydrogen-bond donors (Lipinski definition) is 0. The molecular formula is C19H16F4N4O7S. The van der Waals surface area contributed by atoms with Gasteiger partial charge in [-0.05, 0) is 19.8 Å². The molecule has 0 N–H and O–H groups in total. The quantitative estimate of drug-likeness (QED) is 0.0982. The second-order valence-corrected chi connectivity index (χ2v) is 8.96. The van der Waals surface area contributed by atoms with Crippen molar-refractivity contribution >= 4 is 33.7 Å². The van der Waals surface area contributed by atoms with Crippen molar-refractivity contribution in [1.82, 2.24) is 9.78 Å². The highest BCUT2D eigenvalue weighted by atomic mass is 32.2. The number of carbonyl (C=O) groups excluding carboxylic acids is 1. The molecule has 16 heteroatoms. The van der Waals surface area contributed by atoms with Crippen molar-refractivity contribution in [3.8, 4) is 11.3 Å². The van der Waals surface area contributed by atoms with Crippen molar-refractivity contribution in [2.75, 3.05) is 11.9 Å². The topological polar surface area (TPSA) is 142 Å². The van der Waals surface area contributed by atoms with E-state index >= 15 is 0 Å². The van der Waals surface area contributed by atoms with E-state index < -0.39 is 60.7 Å². The third-order valence-corrected chi connectivity index (χ3v) is 5.79. The molecule has 0 bridgehead atoms. The van der Waals surface area contributed by atoms with E-state index in [9.17, 15) is 45.7 Å². The minimum atomic E-state index is -6.43.